The Morgan fingerprint density at radius 3 is 2.69 bits per heavy atom. The third-order valence-electron chi connectivity index (χ3n) is 4.21. The molecule has 1 heterocycles. The molecule has 0 saturated carbocycles. The second-order valence-corrected chi connectivity index (χ2v) is 6.49. The molecule has 0 aliphatic carbocycles. The molecule has 0 saturated heterocycles. The summed E-state index contributed by atoms with van der Waals surface area (Å²) in [4.78, 5) is 23.1. The van der Waals surface area contributed by atoms with Crippen LogP contribution in [0.15, 0.2) is 42.5 Å². The second kappa shape index (κ2) is 8.10. The Balaban J connectivity index is 1.60. The first-order valence-corrected chi connectivity index (χ1v) is 8.69. The molecule has 7 heteroatoms. The highest BCUT2D eigenvalue weighted by Gasteiger charge is 2.21. The molecular formula is C19H19ClN2O4. The van der Waals surface area contributed by atoms with Crippen molar-refractivity contribution in [2.24, 2.45) is 0 Å². The number of benzene rings is 2. The minimum absolute atomic E-state index is 0.154. The molecule has 0 aromatic heterocycles. The monoisotopic (exact) mass is 374 g/mol. The van der Waals surface area contributed by atoms with Crippen LogP contribution in [0.3, 0.4) is 0 Å². The molecule has 3 rings (SSSR count). The van der Waals surface area contributed by atoms with Crippen molar-refractivity contribution >= 4 is 23.6 Å². The van der Waals surface area contributed by atoms with E-state index in [-0.39, 0.29) is 17.6 Å². The Hall–Kier alpha value is -2.73. The van der Waals surface area contributed by atoms with Gasteiger partial charge in [-0.15, -0.1) is 0 Å². The minimum atomic E-state index is -0.975. The average Bonchev–Trinajstić information content (AvgIpc) is 2.82. The summed E-state index contributed by atoms with van der Waals surface area (Å²) in [5.41, 5.74) is 1.95. The molecule has 3 N–H and O–H groups in total. The van der Waals surface area contributed by atoms with E-state index >= 15 is 0 Å². The lowest BCUT2D eigenvalue weighted by Crippen LogP contribution is -2.37. The maximum absolute atomic E-state index is 12.3. The summed E-state index contributed by atoms with van der Waals surface area (Å²) in [5, 5.41) is 15.3. The lowest BCUT2D eigenvalue weighted by Gasteiger charge is -2.19. The molecule has 1 unspecified atom stereocenters. The lowest BCUT2D eigenvalue weighted by molar-refractivity contribution is 0.0697. The fourth-order valence-corrected chi connectivity index (χ4v) is 3.01. The molecule has 0 fully saturated rings. The number of carbonyl (C=O) groups is 2. The number of carbonyl (C=O) groups excluding carboxylic acids is 1. The van der Waals surface area contributed by atoms with Crippen molar-refractivity contribution in [1.29, 1.82) is 0 Å². The Kier molecular flexibility index (Phi) is 5.63. The predicted octanol–water partition coefficient (Wildman–Crippen LogP) is 3.75. The zero-order chi connectivity index (χ0) is 18.5. The first-order valence-electron chi connectivity index (χ1n) is 8.32. The van der Waals surface area contributed by atoms with Gasteiger partial charge in [0.15, 0.2) is 0 Å². The van der Waals surface area contributed by atoms with Gasteiger partial charge in [0.05, 0.1) is 18.2 Å². The number of urea groups is 1. The number of carboxylic acid groups (broad SMARTS) is 1. The first kappa shape index (κ1) is 18.1. The number of amides is 2. The summed E-state index contributed by atoms with van der Waals surface area (Å²) >= 11 is 6.02. The molecule has 1 atom stereocenters. The fourth-order valence-electron chi connectivity index (χ4n) is 2.85. The quantitative estimate of drug-likeness (QED) is 0.760. The van der Waals surface area contributed by atoms with Crippen LogP contribution in [-0.4, -0.2) is 23.7 Å². The third kappa shape index (κ3) is 4.46. The van der Waals surface area contributed by atoms with Crippen LogP contribution < -0.4 is 15.4 Å². The van der Waals surface area contributed by atoms with Gasteiger partial charge in [-0.25, -0.2) is 9.59 Å². The maximum atomic E-state index is 12.3. The van der Waals surface area contributed by atoms with E-state index in [4.69, 9.17) is 21.4 Å². The van der Waals surface area contributed by atoms with Crippen molar-refractivity contribution in [3.63, 3.8) is 0 Å². The summed E-state index contributed by atoms with van der Waals surface area (Å²) in [6, 6.07) is 11.4. The lowest BCUT2D eigenvalue weighted by atomic mass is 10.0. The number of aromatic carboxylic acids is 1. The summed E-state index contributed by atoms with van der Waals surface area (Å²) < 4.78 is 5.70. The smallest absolute Gasteiger partial charge is 0.335 e. The Morgan fingerprint density at radius 2 is 1.96 bits per heavy atom. The van der Waals surface area contributed by atoms with Gasteiger partial charge in [-0.3, -0.25) is 0 Å². The van der Waals surface area contributed by atoms with Crippen molar-refractivity contribution in [3.05, 3.63) is 64.2 Å². The molecule has 6 nitrogen and oxygen atoms in total. The van der Waals surface area contributed by atoms with Crippen molar-refractivity contribution in [2.75, 3.05) is 6.61 Å². The normalized spacial score (nSPS) is 16.0. The Morgan fingerprint density at radius 1 is 1.19 bits per heavy atom. The van der Waals surface area contributed by atoms with Gasteiger partial charge in [0.25, 0.3) is 0 Å². The van der Waals surface area contributed by atoms with Crippen LogP contribution >= 0.6 is 11.6 Å². The molecule has 2 amide bonds. The van der Waals surface area contributed by atoms with Crippen LogP contribution in [0.5, 0.6) is 5.75 Å². The number of halogens is 1. The molecule has 0 spiro atoms. The van der Waals surface area contributed by atoms with E-state index in [0.29, 0.717) is 23.9 Å². The average molecular weight is 375 g/mol. The highest BCUT2D eigenvalue weighted by atomic mass is 35.5. The number of rotatable bonds is 4. The molecule has 136 valence electrons. The summed E-state index contributed by atoms with van der Waals surface area (Å²) in [6.07, 6.45) is 1.60. The molecule has 1 aliphatic rings. The fraction of sp³-hybridized carbons (Fsp3) is 0.263. The first-order chi connectivity index (χ1) is 12.5. The number of fused-ring (bicyclic) bond motifs is 1. The van der Waals surface area contributed by atoms with Gasteiger partial charge in [-0.1, -0.05) is 29.8 Å². The number of hydrogen-bond donors (Lipinski definition) is 3. The SMILES string of the molecule is O=C(NCc1ccc(C(=O)O)cc1)NC1CCCOc2cc(Cl)ccc21. The number of ether oxygens (including phenoxy) is 1. The highest BCUT2D eigenvalue weighted by Crippen LogP contribution is 2.33. The van der Waals surface area contributed by atoms with Crippen LogP contribution in [0.2, 0.25) is 5.02 Å². The van der Waals surface area contributed by atoms with E-state index < -0.39 is 5.97 Å². The van der Waals surface area contributed by atoms with Crippen molar-refractivity contribution in [1.82, 2.24) is 10.6 Å². The van der Waals surface area contributed by atoms with Crippen LogP contribution in [-0.2, 0) is 6.54 Å². The maximum Gasteiger partial charge on any atom is 0.335 e. The van der Waals surface area contributed by atoms with Crippen LogP contribution in [0, 0.1) is 0 Å². The molecule has 2 aromatic rings. The van der Waals surface area contributed by atoms with Gasteiger partial charge >= 0.3 is 12.0 Å². The Bertz CT molecular complexity index is 808. The summed E-state index contributed by atoms with van der Waals surface area (Å²) in [5.74, 6) is -0.277. The van der Waals surface area contributed by atoms with E-state index in [9.17, 15) is 9.59 Å². The molecule has 1 aliphatic heterocycles. The molecule has 2 aromatic carbocycles. The molecule has 0 radical (unpaired) electrons. The number of carboxylic acids is 1. The summed E-state index contributed by atoms with van der Waals surface area (Å²) in [7, 11) is 0. The van der Waals surface area contributed by atoms with E-state index in [1.54, 1.807) is 24.3 Å². The van der Waals surface area contributed by atoms with E-state index in [0.717, 1.165) is 24.0 Å². The second-order valence-electron chi connectivity index (χ2n) is 6.05. The van der Waals surface area contributed by atoms with E-state index in [1.807, 2.05) is 6.07 Å². The highest BCUT2D eigenvalue weighted by molar-refractivity contribution is 6.30. The number of nitrogens with one attached hydrogen (secondary N) is 2. The van der Waals surface area contributed by atoms with Crippen molar-refractivity contribution < 1.29 is 19.4 Å². The van der Waals surface area contributed by atoms with Crippen LogP contribution in [0.4, 0.5) is 4.79 Å². The molecular weight excluding hydrogens is 356 g/mol. The van der Waals surface area contributed by atoms with Crippen molar-refractivity contribution in [3.8, 4) is 5.75 Å². The van der Waals surface area contributed by atoms with Gasteiger partial charge < -0.3 is 20.5 Å². The van der Waals surface area contributed by atoms with E-state index in [2.05, 4.69) is 10.6 Å². The third-order valence-corrected chi connectivity index (χ3v) is 4.44. The zero-order valence-corrected chi connectivity index (χ0v) is 14.8. The van der Waals surface area contributed by atoms with Gasteiger partial charge in [0.2, 0.25) is 0 Å². The standard InChI is InChI=1S/C19H19ClN2O4/c20-14-7-8-15-16(2-1-9-26-17(15)10-14)22-19(25)21-11-12-3-5-13(6-4-12)18(23)24/h3-8,10,16H,1-2,9,11H2,(H,23,24)(H2,21,22,25). The molecule has 26 heavy (non-hydrogen) atoms. The van der Waals surface area contributed by atoms with Gasteiger partial charge in [-0.05, 0) is 42.7 Å². The van der Waals surface area contributed by atoms with Gasteiger partial charge in [-0.2, -0.15) is 0 Å². The van der Waals surface area contributed by atoms with Gasteiger partial charge in [0, 0.05) is 17.1 Å². The zero-order valence-electron chi connectivity index (χ0n) is 14.0. The Labute approximate surface area is 156 Å². The predicted molar refractivity (Wildman–Crippen MR) is 97.7 cm³/mol. The van der Waals surface area contributed by atoms with Gasteiger partial charge in [0.1, 0.15) is 5.75 Å². The molecule has 0 bridgehead atoms. The van der Waals surface area contributed by atoms with Crippen LogP contribution in [0.25, 0.3) is 0 Å². The topological polar surface area (TPSA) is 87.7 Å². The van der Waals surface area contributed by atoms with Crippen molar-refractivity contribution in [2.45, 2.75) is 25.4 Å². The van der Waals surface area contributed by atoms with E-state index in [1.165, 1.54) is 12.1 Å². The minimum Gasteiger partial charge on any atom is -0.493 e. The van der Waals surface area contributed by atoms with Crippen LogP contribution in [0.1, 0.15) is 40.4 Å². The summed E-state index contributed by atoms with van der Waals surface area (Å²) in [6.45, 7) is 0.894. The largest absolute Gasteiger partial charge is 0.493 e. The number of hydrogen-bond acceptors (Lipinski definition) is 3.